The average molecular weight is 426 g/mol. The second kappa shape index (κ2) is 7.26. The molecule has 0 spiro atoms. The molecule has 3 heterocycles. The molecular weight excluding hydrogens is 398 g/mol. The molecule has 1 aliphatic heterocycles. The van der Waals surface area contributed by atoms with Gasteiger partial charge >= 0.3 is 0 Å². The van der Waals surface area contributed by atoms with Crippen LogP contribution in [0.5, 0.6) is 0 Å². The second-order valence-electron chi connectivity index (χ2n) is 9.60. The van der Waals surface area contributed by atoms with Crippen molar-refractivity contribution in [3.63, 3.8) is 0 Å². The minimum absolute atomic E-state index is 0.0805. The van der Waals surface area contributed by atoms with Gasteiger partial charge in [0.05, 0.1) is 5.41 Å². The van der Waals surface area contributed by atoms with Gasteiger partial charge in [0.1, 0.15) is 5.82 Å². The fourth-order valence-corrected chi connectivity index (χ4v) is 5.10. The maximum absolute atomic E-state index is 13.5. The lowest BCUT2D eigenvalue weighted by molar-refractivity contribution is -0.118. The summed E-state index contributed by atoms with van der Waals surface area (Å²) < 4.78 is 0. The van der Waals surface area contributed by atoms with E-state index < -0.39 is 5.41 Å². The third-order valence-electron chi connectivity index (χ3n) is 6.65. The molecule has 1 unspecified atom stereocenters. The lowest BCUT2D eigenvalue weighted by Gasteiger charge is -2.44. The van der Waals surface area contributed by atoms with Crippen molar-refractivity contribution < 1.29 is 4.79 Å². The monoisotopic (exact) mass is 425 g/mol. The van der Waals surface area contributed by atoms with Crippen LogP contribution in [-0.2, 0) is 10.2 Å². The second-order valence-corrected chi connectivity index (χ2v) is 9.60. The lowest BCUT2D eigenvalue weighted by Crippen LogP contribution is -2.42. The smallest absolute Gasteiger partial charge is 0.229 e. The third-order valence-corrected chi connectivity index (χ3v) is 6.65. The number of rotatable bonds is 3. The molecule has 1 N–H and O–H groups in total. The number of carbonyl (C=O) groups excluding carboxylic acids is 1. The van der Waals surface area contributed by atoms with Crippen LogP contribution in [-0.4, -0.2) is 27.8 Å². The Morgan fingerprint density at radius 3 is 2.47 bits per heavy atom. The molecule has 0 radical (unpaired) electrons. The van der Waals surface area contributed by atoms with Crippen LogP contribution in [0.2, 0.25) is 0 Å². The number of Topliss-reactive ketones (excluding diaryl/α,β-unsaturated/α-hetero) is 1. The Hall–Kier alpha value is -3.54. The predicted molar refractivity (Wildman–Crippen MR) is 126 cm³/mol. The van der Waals surface area contributed by atoms with Crippen LogP contribution in [0.3, 0.4) is 0 Å². The number of aromatic nitrogens is 3. The van der Waals surface area contributed by atoms with Gasteiger partial charge < -0.3 is 10.2 Å². The van der Waals surface area contributed by atoms with Crippen LogP contribution in [0.15, 0.2) is 72.3 Å². The van der Waals surface area contributed by atoms with E-state index in [9.17, 15) is 4.79 Å². The lowest BCUT2D eigenvalue weighted by atomic mass is 9.62. The number of allylic oxidation sites excluding steroid dienone is 2. The van der Waals surface area contributed by atoms with E-state index in [4.69, 9.17) is 0 Å². The van der Waals surface area contributed by atoms with Gasteiger partial charge in [0, 0.05) is 54.6 Å². The Morgan fingerprint density at radius 1 is 0.938 bits per heavy atom. The van der Waals surface area contributed by atoms with Gasteiger partial charge in [-0.3, -0.25) is 4.79 Å². The molecule has 1 aromatic carbocycles. The minimum atomic E-state index is -0.605. The normalized spacial score (nSPS) is 21.4. The summed E-state index contributed by atoms with van der Waals surface area (Å²) in [5.74, 6) is 1.65. The van der Waals surface area contributed by atoms with Crippen molar-refractivity contribution in [1.29, 1.82) is 0 Å². The Balaban J connectivity index is 1.69. The molecule has 5 rings (SSSR count). The number of nitrogens with one attached hydrogen (secondary N) is 1. The van der Waals surface area contributed by atoms with Gasteiger partial charge in [0.2, 0.25) is 5.95 Å². The summed E-state index contributed by atoms with van der Waals surface area (Å²) in [6.45, 7) is 6.45. The summed E-state index contributed by atoms with van der Waals surface area (Å²) in [6, 6.07) is 14.1. The molecule has 0 fully saturated rings. The molecule has 6 nitrogen and oxygen atoms in total. The highest BCUT2D eigenvalue weighted by atomic mass is 16.1. The number of hydrogen-bond acceptors (Lipinski definition) is 6. The zero-order valence-corrected chi connectivity index (χ0v) is 18.9. The number of benzene rings is 1. The van der Waals surface area contributed by atoms with E-state index >= 15 is 0 Å². The molecule has 0 bridgehead atoms. The quantitative estimate of drug-likeness (QED) is 0.636. The number of fused-ring (bicyclic) bond motifs is 1. The van der Waals surface area contributed by atoms with Gasteiger partial charge in [-0.25, -0.2) is 15.0 Å². The standard InChI is InChI=1S/C26H27N5O/c1-25(2)15-20-22(21(32)16-25)26(3,19-10-6-11-27-23(19)30-20)17-8-5-9-18(14-17)31(4)24-28-12-7-13-29-24/h5-14H,15-16H2,1-4H3,(H,27,30). The topological polar surface area (TPSA) is 71.0 Å². The Morgan fingerprint density at radius 2 is 1.69 bits per heavy atom. The van der Waals surface area contributed by atoms with Gasteiger partial charge in [-0.1, -0.05) is 32.0 Å². The number of nitrogens with zero attached hydrogens (tertiary/aromatic N) is 4. The Kier molecular flexibility index (Phi) is 4.62. The highest BCUT2D eigenvalue weighted by Gasteiger charge is 2.47. The number of ketones is 1. The number of pyridine rings is 1. The van der Waals surface area contributed by atoms with Crippen molar-refractivity contribution in [1.82, 2.24) is 15.0 Å². The van der Waals surface area contributed by atoms with Gasteiger partial charge in [-0.05, 0) is 48.6 Å². The van der Waals surface area contributed by atoms with Crippen LogP contribution in [0, 0.1) is 5.41 Å². The van der Waals surface area contributed by atoms with E-state index in [-0.39, 0.29) is 11.2 Å². The predicted octanol–water partition coefficient (Wildman–Crippen LogP) is 5.01. The maximum atomic E-state index is 13.5. The third kappa shape index (κ3) is 3.18. The van der Waals surface area contributed by atoms with Crippen LogP contribution < -0.4 is 10.2 Å². The number of carbonyl (C=O) groups is 1. The Bertz CT molecular complexity index is 1230. The van der Waals surface area contributed by atoms with Gasteiger partial charge in [0.15, 0.2) is 5.78 Å². The van der Waals surface area contributed by atoms with E-state index in [1.165, 1.54) is 0 Å². The van der Waals surface area contributed by atoms with Gasteiger partial charge in [-0.15, -0.1) is 0 Å². The fourth-order valence-electron chi connectivity index (χ4n) is 5.10. The molecule has 3 aromatic rings. The van der Waals surface area contributed by atoms with E-state index in [0.29, 0.717) is 12.4 Å². The summed E-state index contributed by atoms with van der Waals surface area (Å²) in [6.07, 6.45) is 6.62. The van der Waals surface area contributed by atoms with Crippen molar-refractivity contribution in [2.75, 3.05) is 17.3 Å². The van der Waals surface area contributed by atoms with E-state index in [1.54, 1.807) is 24.7 Å². The summed E-state index contributed by atoms with van der Waals surface area (Å²) in [5.41, 5.74) is 4.19. The van der Waals surface area contributed by atoms with Crippen molar-refractivity contribution in [3.05, 3.63) is 83.5 Å². The van der Waals surface area contributed by atoms with Crippen molar-refractivity contribution >= 4 is 23.2 Å². The minimum Gasteiger partial charge on any atom is -0.343 e. The van der Waals surface area contributed by atoms with Crippen molar-refractivity contribution in [2.24, 2.45) is 5.41 Å². The molecular formula is C26H27N5O. The summed E-state index contributed by atoms with van der Waals surface area (Å²) in [4.78, 5) is 28.9. The van der Waals surface area contributed by atoms with E-state index in [0.717, 1.165) is 40.3 Å². The maximum Gasteiger partial charge on any atom is 0.229 e. The number of hydrogen-bond donors (Lipinski definition) is 1. The first kappa shape index (κ1) is 20.4. The van der Waals surface area contributed by atoms with Crippen molar-refractivity contribution in [3.8, 4) is 0 Å². The molecule has 6 heteroatoms. The SMILES string of the molecule is CN(c1cccc(C2(C)C3=C(CC(C)(C)CC3=O)Nc3ncccc32)c1)c1ncccn1. The highest BCUT2D eigenvalue weighted by molar-refractivity contribution is 6.02. The average Bonchev–Trinajstić information content (AvgIpc) is 2.78. The van der Waals surface area contributed by atoms with Crippen LogP contribution in [0.25, 0.3) is 0 Å². The van der Waals surface area contributed by atoms with Crippen LogP contribution in [0.4, 0.5) is 17.5 Å². The first-order chi connectivity index (χ1) is 15.3. The number of anilines is 3. The zero-order valence-electron chi connectivity index (χ0n) is 18.9. The molecule has 0 saturated heterocycles. The largest absolute Gasteiger partial charge is 0.343 e. The zero-order chi connectivity index (χ0) is 22.5. The highest BCUT2D eigenvalue weighted by Crippen LogP contribution is 2.52. The summed E-state index contributed by atoms with van der Waals surface area (Å²) in [5, 5.41) is 3.49. The van der Waals surface area contributed by atoms with Crippen LogP contribution in [0.1, 0.15) is 44.7 Å². The van der Waals surface area contributed by atoms with Crippen molar-refractivity contribution in [2.45, 2.75) is 39.0 Å². The molecule has 1 atom stereocenters. The van der Waals surface area contributed by atoms with Gasteiger partial charge in [0.25, 0.3) is 0 Å². The Labute approximate surface area is 188 Å². The van der Waals surface area contributed by atoms with E-state index in [1.807, 2.05) is 30.1 Å². The first-order valence-electron chi connectivity index (χ1n) is 10.9. The first-order valence-corrected chi connectivity index (χ1v) is 10.9. The summed E-state index contributed by atoms with van der Waals surface area (Å²) in [7, 11) is 1.95. The molecule has 2 aliphatic rings. The fraction of sp³-hybridized carbons (Fsp3) is 0.308. The molecule has 32 heavy (non-hydrogen) atoms. The molecule has 0 amide bonds. The molecule has 1 aliphatic carbocycles. The van der Waals surface area contributed by atoms with E-state index in [2.05, 4.69) is 59.2 Å². The summed E-state index contributed by atoms with van der Waals surface area (Å²) >= 11 is 0. The molecule has 0 saturated carbocycles. The molecule has 2 aromatic heterocycles. The van der Waals surface area contributed by atoms with Crippen LogP contribution >= 0.6 is 0 Å². The van der Waals surface area contributed by atoms with Gasteiger partial charge in [-0.2, -0.15) is 0 Å². The molecule has 162 valence electrons.